The molecular weight excluding hydrogens is 420 g/mol. The Kier molecular flexibility index (Phi) is 7.22. The van der Waals surface area contributed by atoms with Crippen molar-refractivity contribution in [1.29, 1.82) is 0 Å². The van der Waals surface area contributed by atoms with Crippen LogP contribution in [-0.2, 0) is 27.7 Å². The largest absolute Gasteiger partial charge is 0.355 e. The summed E-state index contributed by atoms with van der Waals surface area (Å²) in [5.41, 5.74) is 2.02. The number of carbonyl (C=O) groups is 1. The fraction of sp³-hybridized carbons (Fsp3) is 0.346. The Hall–Kier alpha value is -2.70. The SMILES string of the molecule is O=C(Cc1cccc2ccccc12)NCCc1ccc(S(=O)(=O)N2CCCCCC2)cc1. The van der Waals surface area contributed by atoms with Gasteiger partial charge in [0.15, 0.2) is 0 Å². The van der Waals surface area contributed by atoms with Gasteiger partial charge in [-0.05, 0) is 53.3 Å². The molecule has 32 heavy (non-hydrogen) atoms. The Labute approximate surface area is 190 Å². The fourth-order valence-corrected chi connectivity index (χ4v) is 5.80. The van der Waals surface area contributed by atoms with E-state index in [1.807, 2.05) is 54.6 Å². The van der Waals surface area contributed by atoms with Gasteiger partial charge < -0.3 is 5.32 Å². The Balaban J connectivity index is 1.31. The van der Waals surface area contributed by atoms with Crippen LogP contribution in [-0.4, -0.2) is 38.3 Å². The summed E-state index contributed by atoms with van der Waals surface area (Å²) in [6.07, 6.45) is 5.04. The second-order valence-corrected chi connectivity index (χ2v) is 10.3. The van der Waals surface area contributed by atoms with Gasteiger partial charge in [-0.1, -0.05) is 67.4 Å². The monoisotopic (exact) mass is 450 g/mol. The molecule has 1 heterocycles. The molecule has 1 aliphatic rings. The zero-order valence-corrected chi connectivity index (χ0v) is 19.1. The highest BCUT2D eigenvalue weighted by Crippen LogP contribution is 2.21. The molecule has 0 aromatic heterocycles. The summed E-state index contributed by atoms with van der Waals surface area (Å²) in [5, 5.41) is 5.22. The molecule has 3 aromatic rings. The first-order valence-electron chi connectivity index (χ1n) is 11.4. The van der Waals surface area contributed by atoms with E-state index in [9.17, 15) is 13.2 Å². The van der Waals surface area contributed by atoms with Gasteiger partial charge in [0.05, 0.1) is 11.3 Å². The number of hydrogen-bond donors (Lipinski definition) is 1. The quantitative estimate of drug-likeness (QED) is 0.583. The van der Waals surface area contributed by atoms with Crippen LogP contribution in [0.5, 0.6) is 0 Å². The highest BCUT2D eigenvalue weighted by atomic mass is 32.2. The fourth-order valence-electron chi connectivity index (χ4n) is 4.29. The molecule has 3 aromatic carbocycles. The van der Waals surface area contributed by atoms with Crippen LogP contribution in [0.3, 0.4) is 0 Å². The van der Waals surface area contributed by atoms with Crippen LogP contribution in [0.4, 0.5) is 0 Å². The number of sulfonamides is 1. The van der Waals surface area contributed by atoms with Crippen LogP contribution in [0.1, 0.15) is 36.8 Å². The minimum Gasteiger partial charge on any atom is -0.355 e. The highest BCUT2D eigenvalue weighted by Gasteiger charge is 2.24. The predicted octanol–water partition coefficient (Wildman–Crippen LogP) is 4.31. The van der Waals surface area contributed by atoms with E-state index in [0.717, 1.165) is 47.6 Å². The van der Waals surface area contributed by atoms with Crippen LogP contribution in [0.25, 0.3) is 10.8 Å². The van der Waals surface area contributed by atoms with Gasteiger partial charge in [-0.2, -0.15) is 4.31 Å². The predicted molar refractivity (Wildman–Crippen MR) is 128 cm³/mol. The van der Waals surface area contributed by atoms with Crippen LogP contribution in [0.15, 0.2) is 71.6 Å². The molecule has 1 fully saturated rings. The van der Waals surface area contributed by atoms with E-state index in [0.29, 0.717) is 37.4 Å². The molecule has 0 unspecified atom stereocenters. The van der Waals surface area contributed by atoms with Crippen molar-refractivity contribution in [3.05, 3.63) is 77.9 Å². The maximum Gasteiger partial charge on any atom is 0.243 e. The van der Waals surface area contributed by atoms with Crippen molar-refractivity contribution < 1.29 is 13.2 Å². The lowest BCUT2D eigenvalue weighted by Gasteiger charge is -2.20. The standard InChI is InChI=1S/C26H30N2O3S/c29-26(20-23-10-7-9-22-8-3-4-11-25(22)23)27-17-16-21-12-14-24(15-13-21)32(30,31)28-18-5-1-2-6-19-28/h3-4,7-15H,1-2,5-6,16-20H2,(H,27,29). The molecule has 0 saturated carbocycles. The zero-order chi connectivity index (χ0) is 22.4. The van der Waals surface area contributed by atoms with Crippen LogP contribution >= 0.6 is 0 Å². The smallest absolute Gasteiger partial charge is 0.243 e. The summed E-state index contributed by atoms with van der Waals surface area (Å²) in [6.45, 7) is 1.72. The van der Waals surface area contributed by atoms with Crippen molar-refractivity contribution in [3.8, 4) is 0 Å². The van der Waals surface area contributed by atoms with Crippen molar-refractivity contribution in [1.82, 2.24) is 9.62 Å². The third-order valence-corrected chi connectivity index (χ3v) is 8.01. The van der Waals surface area contributed by atoms with Crippen molar-refractivity contribution in [2.75, 3.05) is 19.6 Å². The van der Waals surface area contributed by atoms with Crippen LogP contribution < -0.4 is 5.32 Å². The molecule has 4 rings (SSSR count). The van der Waals surface area contributed by atoms with E-state index in [-0.39, 0.29) is 5.91 Å². The minimum absolute atomic E-state index is 0.0123. The van der Waals surface area contributed by atoms with Gasteiger partial charge in [0.2, 0.25) is 15.9 Å². The van der Waals surface area contributed by atoms with Gasteiger partial charge in [0.25, 0.3) is 0 Å². The Morgan fingerprint density at radius 3 is 2.28 bits per heavy atom. The average Bonchev–Trinajstić information content (AvgIpc) is 3.10. The number of benzene rings is 3. The molecule has 5 nitrogen and oxygen atoms in total. The lowest BCUT2D eigenvalue weighted by atomic mass is 10.0. The number of fused-ring (bicyclic) bond motifs is 1. The van der Waals surface area contributed by atoms with E-state index < -0.39 is 10.0 Å². The summed E-state index contributed by atoms with van der Waals surface area (Å²) < 4.78 is 27.4. The summed E-state index contributed by atoms with van der Waals surface area (Å²) in [5.74, 6) is -0.0123. The van der Waals surface area contributed by atoms with Crippen molar-refractivity contribution in [3.63, 3.8) is 0 Å². The number of amides is 1. The number of hydrogen-bond acceptors (Lipinski definition) is 3. The molecule has 0 atom stereocenters. The Morgan fingerprint density at radius 1 is 0.844 bits per heavy atom. The number of carbonyl (C=O) groups excluding carboxylic acids is 1. The molecule has 0 radical (unpaired) electrons. The van der Waals surface area contributed by atoms with Gasteiger partial charge in [0.1, 0.15) is 0 Å². The molecule has 1 amide bonds. The topological polar surface area (TPSA) is 66.5 Å². The normalized spacial score (nSPS) is 15.4. The molecular formula is C26H30N2O3S. The Morgan fingerprint density at radius 2 is 1.53 bits per heavy atom. The van der Waals surface area contributed by atoms with E-state index >= 15 is 0 Å². The third kappa shape index (κ3) is 5.37. The second kappa shape index (κ2) is 10.3. The van der Waals surface area contributed by atoms with E-state index in [1.54, 1.807) is 16.4 Å². The first-order chi connectivity index (χ1) is 15.5. The molecule has 0 bridgehead atoms. The van der Waals surface area contributed by atoms with Gasteiger partial charge in [-0.25, -0.2) is 8.42 Å². The van der Waals surface area contributed by atoms with Crippen molar-refractivity contribution >= 4 is 26.7 Å². The Bertz CT molecular complexity index is 1160. The maximum absolute atomic E-state index is 12.9. The van der Waals surface area contributed by atoms with Crippen LogP contribution in [0, 0.1) is 0 Å². The minimum atomic E-state index is -3.43. The summed E-state index contributed by atoms with van der Waals surface area (Å²) >= 11 is 0. The lowest BCUT2D eigenvalue weighted by molar-refractivity contribution is -0.120. The molecule has 168 valence electrons. The molecule has 6 heteroatoms. The molecule has 1 saturated heterocycles. The summed E-state index contributed by atoms with van der Waals surface area (Å²) in [6, 6.07) is 21.2. The van der Waals surface area contributed by atoms with E-state index in [4.69, 9.17) is 0 Å². The maximum atomic E-state index is 12.9. The summed E-state index contributed by atoms with van der Waals surface area (Å²) in [4.78, 5) is 12.8. The first kappa shape index (κ1) is 22.5. The number of nitrogens with zero attached hydrogens (tertiary/aromatic N) is 1. The number of nitrogens with one attached hydrogen (secondary N) is 1. The second-order valence-electron chi connectivity index (χ2n) is 8.38. The van der Waals surface area contributed by atoms with Crippen LogP contribution in [0.2, 0.25) is 0 Å². The van der Waals surface area contributed by atoms with Gasteiger partial charge in [-0.15, -0.1) is 0 Å². The molecule has 0 aliphatic carbocycles. The average molecular weight is 451 g/mol. The van der Waals surface area contributed by atoms with E-state index in [2.05, 4.69) is 5.32 Å². The van der Waals surface area contributed by atoms with Crippen molar-refractivity contribution in [2.24, 2.45) is 0 Å². The van der Waals surface area contributed by atoms with E-state index in [1.165, 1.54) is 0 Å². The summed E-state index contributed by atoms with van der Waals surface area (Å²) in [7, 11) is -3.43. The third-order valence-electron chi connectivity index (χ3n) is 6.09. The first-order valence-corrected chi connectivity index (χ1v) is 12.8. The van der Waals surface area contributed by atoms with Gasteiger partial charge >= 0.3 is 0 Å². The molecule has 1 N–H and O–H groups in total. The van der Waals surface area contributed by atoms with Crippen molar-refractivity contribution in [2.45, 2.75) is 43.4 Å². The highest BCUT2D eigenvalue weighted by molar-refractivity contribution is 7.89. The van der Waals surface area contributed by atoms with Gasteiger partial charge in [0, 0.05) is 19.6 Å². The number of rotatable bonds is 7. The lowest BCUT2D eigenvalue weighted by Crippen LogP contribution is -2.31. The molecule has 1 aliphatic heterocycles. The molecule has 0 spiro atoms. The van der Waals surface area contributed by atoms with Gasteiger partial charge in [-0.3, -0.25) is 4.79 Å². The zero-order valence-electron chi connectivity index (χ0n) is 18.3.